The molecule has 0 fully saturated rings. The molecule has 0 radical (unpaired) electrons. The monoisotopic (exact) mass is 251 g/mol. The molecule has 0 amide bonds. The van der Waals surface area contributed by atoms with Crippen LogP contribution < -0.4 is 11.2 Å². The Morgan fingerprint density at radius 3 is 2.17 bits per heavy atom. The molecule has 0 unspecified atom stereocenters. The molecule has 0 saturated carbocycles. The number of hydrogen-bond acceptors (Lipinski definition) is 3. The van der Waals surface area contributed by atoms with Gasteiger partial charge in [0.25, 0.3) is 5.56 Å². The fourth-order valence-electron chi connectivity index (χ4n) is 1.77. The van der Waals surface area contributed by atoms with Crippen LogP contribution in [0.25, 0.3) is 0 Å². The molecule has 18 heavy (non-hydrogen) atoms. The van der Waals surface area contributed by atoms with Gasteiger partial charge in [0.2, 0.25) is 0 Å². The molecule has 5 nitrogen and oxygen atoms in total. The lowest BCUT2D eigenvalue weighted by atomic mass is 10.2. The zero-order chi connectivity index (χ0) is 13.9. The van der Waals surface area contributed by atoms with Crippen molar-refractivity contribution in [3.05, 3.63) is 26.4 Å². The fraction of sp³-hybridized carbons (Fsp3) is 0.615. The number of nitrogens with zero attached hydrogens (tertiary/aromatic N) is 3. The van der Waals surface area contributed by atoms with E-state index in [-0.39, 0.29) is 17.2 Å². The summed E-state index contributed by atoms with van der Waals surface area (Å²) in [5.41, 5.74) is -0.00943. The van der Waals surface area contributed by atoms with Crippen LogP contribution in [0.3, 0.4) is 0 Å². The minimum Gasteiger partial charge on any atom is -0.278 e. The van der Waals surface area contributed by atoms with E-state index in [0.717, 1.165) is 0 Å². The van der Waals surface area contributed by atoms with E-state index in [1.807, 2.05) is 20.8 Å². The molecule has 100 valence electrons. The molecule has 0 bridgehead atoms. The fourth-order valence-corrected chi connectivity index (χ4v) is 1.77. The minimum absolute atomic E-state index is 0.247. The van der Waals surface area contributed by atoms with Crippen molar-refractivity contribution in [1.82, 2.24) is 9.13 Å². The van der Waals surface area contributed by atoms with E-state index in [2.05, 4.69) is 4.99 Å². The van der Waals surface area contributed by atoms with Crippen molar-refractivity contribution in [1.29, 1.82) is 0 Å². The molecule has 0 aliphatic rings. The lowest BCUT2D eigenvalue weighted by Gasteiger charge is -2.13. The maximum atomic E-state index is 12.1. The molecule has 1 aromatic heterocycles. The highest BCUT2D eigenvalue weighted by atomic mass is 16.2. The summed E-state index contributed by atoms with van der Waals surface area (Å²) in [5, 5.41) is 0. The molecular formula is C13H21N3O2. The van der Waals surface area contributed by atoms with E-state index in [9.17, 15) is 9.59 Å². The summed E-state index contributed by atoms with van der Waals surface area (Å²) in [7, 11) is 0. The van der Waals surface area contributed by atoms with Crippen molar-refractivity contribution in [3.8, 4) is 0 Å². The zero-order valence-corrected chi connectivity index (χ0v) is 11.7. The van der Waals surface area contributed by atoms with Gasteiger partial charge in [0.1, 0.15) is 5.82 Å². The van der Waals surface area contributed by atoms with Gasteiger partial charge in [-0.3, -0.25) is 13.9 Å². The largest absolute Gasteiger partial charge is 0.332 e. The van der Waals surface area contributed by atoms with Crippen molar-refractivity contribution in [3.63, 3.8) is 0 Å². The second kappa shape index (κ2) is 5.80. The van der Waals surface area contributed by atoms with Crippen LogP contribution in [-0.4, -0.2) is 15.3 Å². The minimum atomic E-state index is -0.286. The summed E-state index contributed by atoms with van der Waals surface area (Å²) in [5.74, 6) is 0.754. The summed E-state index contributed by atoms with van der Waals surface area (Å²) in [6.07, 6.45) is 1.75. The molecule has 1 rings (SSSR count). The molecule has 0 aliphatic carbocycles. The van der Waals surface area contributed by atoms with E-state index in [4.69, 9.17) is 0 Å². The van der Waals surface area contributed by atoms with Crippen LogP contribution in [0.5, 0.6) is 0 Å². The number of aromatic nitrogens is 2. The molecule has 0 N–H and O–H groups in total. The molecular weight excluding hydrogens is 230 g/mol. The van der Waals surface area contributed by atoms with E-state index >= 15 is 0 Å². The van der Waals surface area contributed by atoms with Crippen molar-refractivity contribution in [2.45, 2.75) is 47.7 Å². The highest BCUT2D eigenvalue weighted by Crippen LogP contribution is 2.12. The lowest BCUT2D eigenvalue weighted by molar-refractivity contribution is 0.585. The van der Waals surface area contributed by atoms with Crippen molar-refractivity contribution < 1.29 is 0 Å². The topological polar surface area (TPSA) is 56.4 Å². The van der Waals surface area contributed by atoms with Crippen LogP contribution in [0.2, 0.25) is 0 Å². The molecule has 1 aromatic rings. The molecule has 1 heterocycles. The average molecular weight is 251 g/mol. The van der Waals surface area contributed by atoms with E-state index in [1.165, 1.54) is 4.57 Å². The Bertz CT molecular complexity index is 565. The Kier molecular flexibility index (Phi) is 4.64. The second-order valence-electron chi connectivity index (χ2n) is 4.55. The molecule has 0 saturated heterocycles. The first-order valence-electron chi connectivity index (χ1n) is 6.32. The normalized spacial score (nSPS) is 11.7. The highest BCUT2D eigenvalue weighted by Gasteiger charge is 2.13. The van der Waals surface area contributed by atoms with Crippen LogP contribution in [0.15, 0.2) is 14.6 Å². The van der Waals surface area contributed by atoms with Crippen LogP contribution >= 0.6 is 0 Å². The molecule has 0 atom stereocenters. The van der Waals surface area contributed by atoms with E-state index in [0.29, 0.717) is 24.5 Å². The van der Waals surface area contributed by atoms with Crippen LogP contribution in [-0.2, 0) is 13.1 Å². The molecule has 5 heteroatoms. The standard InChI is InChI=1S/C13H21N3O2/c1-6-15-11(14-8-9(3)4)10(5)12(17)16(7-2)13(15)18/h8-9H,6-7H2,1-5H3. The number of rotatable bonds is 4. The number of hydrogen-bond donors (Lipinski definition) is 0. The van der Waals surface area contributed by atoms with Crippen molar-refractivity contribution >= 4 is 12.0 Å². The summed E-state index contributed by atoms with van der Waals surface area (Å²) < 4.78 is 2.78. The number of aliphatic imine (C=N–C) groups is 1. The third-order valence-electron chi connectivity index (χ3n) is 2.75. The molecule has 0 spiro atoms. The van der Waals surface area contributed by atoms with Gasteiger partial charge in [-0.1, -0.05) is 13.8 Å². The van der Waals surface area contributed by atoms with Gasteiger partial charge in [-0.05, 0) is 26.7 Å². The Hall–Kier alpha value is -1.65. The predicted molar refractivity (Wildman–Crippen MR) is 74.0 cm³/mol. The van der Waals surface area contributed by atoms with Crippen LogP contribution in [0.1, 0.15) is 33.3 Å². The van der Waals surface area contributed by atoms with Crippen LogP contribution in [0, 0.1) is 12.8 Å². The zero-order valence-electron chi connectivity index (χ0n) is 11.7. The van der Waals surface area contributed by atoms with Gasteiger partial charge in [0.15, 0.2) is 0 Å². The highest BCUT2D eigenvalue weighted by molar-refractivity contribution is 5.64. The summed E-state index contributed by atoms with van der Waals surface area (Å²) >= 11 is 0. The van der Waals surface area contributed by atoms with Crippen molar-refractivity contribution in [2.75, 3.05) is 0 Å². The Morgan fingerprint density at radius 2 is 1.72 bits per heavy atom. The maximum Gasteiger partial charge on any atom is 0.332 e. The van der Waals surface area contributed by atoms with E-state index < -0.39 is 0 Å². The molecule has 0 aliphatic heterocycles. The van der Waals surface area contributed by atoms with Crippen LogP contribution in [0.4, 0.5) is 5.82 Å². The van der Waals surface area contributed by atoms with Crippen molar-refractivity contribution in [2.24, 2.45) is 10.9 Å². The summed E-state index contributed by atoms with van der Waals surface area (Å²) in [4.78, 5) is 28.4. The Morgan fingerprint density at radius 1 is 1.17 bits per heavy atom. The second-order valence-corrected chi connectivity index (χ2v) is 4.55. The molecule has 0 aromatic carbocycles. The van der Waals surface area contributed by atoms with Gasteiger partial charge in [-0.25, -0.2) is 9.79 Å². The smallest absolute Gasteiger partial charge is 0.278 e. The SMILES string of the molecule is CCn1c(N=CC(C)C)c(C)c(=O)n(CC)c1=O. The van der Waals surface area contributed by atoms with Gasteiger partial charge in [-0.2, -0.15) is 0 Å². The summed E-state index contributed by atoms with van der Waals surface area (Å²) in [6, 6.07) is 0. The first-order chi connectivity index (χ1) is 8.43. The predicted octanol–water partition coefficient (Wildman–Crippen LogP) is 1.72. The first kappa shape index (κ1) is 14.4. The lowest BCUT2D eigenvalue weighted by Crippen LogP contribution is -2.40. The van der Waals surface area contributed by atoms with Gasteiger partial charge < -0.3 is 0 Å². The third-order valence-corrected chi connectivity index (χ3v) is 2.75. The van der Waals surface area contributed by atoms with Gasteiger partial charge in [-0.15, -0.1) is 0 Å². The first-order valence-corrected chi connectivity index (χ1v) is 6.32. The van der Waals surface area contributed by atoms with Gasteiger partial charge in [0.05, 0.1) is 5.56 Å². The summed E-state index contributed by atoms with van der Waals surface area (Å²) in [6.45, 7) is 10.3. The Balaban J connectivity index is 3.61. The maximum absolute atomic E-state index is 12.1. The van der Waals surface area contributed by atoms with Gasteiger partial charge in [0, 0.05) is 19.3 Å². The Labute approximate surface area is 107 Å². The quantitative estimate of drug-likeness (QED) is 0.765. The average Bonchev–Trinajstić information content (AvgIpc) is 2.32. The third kappa shape index (κ3) is 2.60. The van der Waals surface area contributed by atoms with Gasteiger partial charge >= 0.3 is 5.69 Å². The van der Waals surface area contributed by atoms with E-state index in [1.54, 1.807) is 24.6 Å².